The highest BCUT2D eigenvalue weighted by Gasteiger charge is 2.13. The number of methoxy groups -OCH3 is 1. The van der Waals surface area contributed by atoms with E-state index in [9.17, 15) is 4.79 Å². The molecule has 0 saturated carbocycles. The molecule has 0 spiro atoms. The van der Waals surface area contributed by atoms with E-state index in [1.165, 1.54) is 0 Å². The molecule has 0 aliphatic rings. The van der Waals surface area contributed by atoms with Crippen LogP contribution in [0.25, 0.3) is 0 Å². The number of Topliss-reactive ketones (excluding diaryl/α,β-unsaturated/α-hetero) is 1. The third kappa shape index (κ3) is 4.48. The van der Waals surface area contributed by atoms with Gasteiger partial charge in [-0.3, -0.25) is 4.79 Å². The van der Waals surface area contributed by atoms with Crippen molar-refractivity contribution in [3.63, 3.8) is 0 Å². The van der Waals surface area contributed by atoms with Gasteiger partial charge in [0.05, 0.1) is 18.1 Å². The van der Waals surface area contributed by atoms with E-state index in [0.29, 0.717) is 12.1 Å². The van der Waals surface area contributed by atoms with Crippen molar-refractivity contribution in [1.29, 1.82) is 0 Å². The standard InChI is InChI=1S/C13H18BrNO2/c1-13(2,3)15-8-11(16)9-5-6-12(17-4)10(14)7-9/h5-7,15H,8H2,1-4H3. The van der Waals surface area contributed by atoms with Gasteiger partial charge >= 0.3 is 0 Å². The molecular formula is C13H18BrNO2. The lowest BCUT2D eigenvalue weighted by Crippen LogP contribution is -2.39. The second-order valence-electron chi connectivity index (χ2n) is 4.88. The summed E-state index contributed by atoms with van der Waals surface area (Å²) in [6.07, 6.45) is 0. The third-order valence-electron chi connectivity index (χ3n) is 2.25. The molecule has 0 aromatic heterocycles. The number of hydrogen-bond acceptors (Lipinski definition) is 3. The molecule has 1 N–H and O–H groups in total. The zero-order valence-electron chi connectivity index (χ0n) is 10.6. The third-order valence-corrected chi connectivity index (χ3v) is 2.87. The molecule has 17 heavy (non-hydrogen) atoms. The van der Waals surface area contributed by atoms with Crippen molar-refractivity contribution in [3.8, 4) is 5.75 Å². The number of rotatable bonds is 4. The fraction of sp³-hybridized carbons (Fsp3) is 0.462. The molecule has 0 aliphatic heterocycles. The van der Waals surface area contributed by atoms with Gasteiger partial charge in [-0.25, -0.2) is 0 Å². The quantitative estimate of drug-likeness (QED) is 0.869. The zero-order chi connectivity index (χ0) is 13.1. The summed E-state index contributed by atoms with van der Waals surface area (Å²) >= 11 is 3.37. The zero-order valence-corrected chi connectivity index (χ0v) is 12.2. The van der Waals surface area contributed by atoms with Crippen LogP contribution in [0, 0.1) is 0 Å². The minimum Gasteiger partial charge on any atom is -0.496 e. The highest BCUT2D eigenvalue weighted by atomic mass is 79.9. The molecule has 0 saturated heterocycles. The first-order chi connectivity index (χ1) is 7.83. The second-order valence-corrected chi connectivity index (χ2v) is 5.73. The van der Waals surface area contributed by atoms with Gasteiger partial charge in [-0.05, 0) is 54.9 Å². The van der Waals surface area contributed by atoms with Gasteiger partial charge < -0.3 is 10.1 Å². The molecule has 1 rings (SSSR count). The molecule has 0 unspecified atom stereocenters. The molecule has 1 aromatic carbocycles. The van der Waals surface area contributed by atoms with Crippen LogP contribution in [0.15, 0.2) is 22.7 Å². The SMILES string of the molecule is COc1ccc(C(=O)CNC(C)(C)C)cc1Br. The average Bonchev–Trinajstić information content (AvgIpc) is 2.24. The van der Waals surface area contributed by atoms with Crippen molar-refractivity contribution in [2.45, 2.75) is 26.3 Å². The monoisotopic (exact) mass is 299 g/mol. The van der Waals surface area contributed by atoms with Gasteiger partial charge in [0.2, 0.25) is 0 Å². The van der Waals surface area contributed by atoms with Crippen LogP contribution < -0.4 is 10.1 Å². The number of ketones is 1. The van der Waals surface area contributed by atoms with E-state index in [1.807, 2.05) is 20.8 Å². The van der Waals surface area contributed by atoms with Crippen molar-refractivity contribution in [2.75, 3.05) is 13.7 Å². The number of halogens is 1. The number of hydrogen-bond donors (Lipinski definition) is 1. The summed E-state index contributed by atoms with van der Waals surface area (Å²) in [5.41, 5.74) is 0.619. The highest BCUT2D eigenvalue weighted by Crippen LogP contribution is 2.25. The van der Waals surface area contributed by atoms with Crippen LogP contribution in [0.5, 0.6) is 5.75 Å². The molecule has 0 bridgehead atoms. The highest BCUT2D eigenvalue weighted by molar-refractivity contribution is 9.10. The van der Waals surface area contributed by atoms with Crippen LogP contribution in [0.1, 0.15) is 31.1 Å². The van der Waals surface area contributed by atoms with Crippen LogP contribution >= 0.6 is 15.9 Å². The lowest BCUT2D eigenvalue weighted by molar-refractivity contribution is 0.0982. The molecule has 0 amide bonds. The van der Waals surface area contributed by atoms with E-state index in [1.54, 1.807) is 25.3 Å². The van der Waals surface area contributed by atoms with Crippen LogP contribution in [-0.2, 0) is 0 Å². The minimum absolute atomic E-state index is 0.0562. The summed E-state index contributed by atoms with van der Waals surface area (Å²) in [6.45, 7) is 6.43. The lowest BCUT2D eigenvalue weighted by Gasteiger charge is -2.19. The molecule has 1 aromatic rings. The molecule has 94 valence electrons. The van der Waals surface area contributed by atoms with Crippen molar-refractivity contribution in [3.05, 3.63) is 28.2 Å². The van der Waals surface area contributed by atoms with Gasteiger partial charge in [0, 0.05) is 11.1 Å². The van der Waals surface area contributed by atoms with E-state index in [0.717, 1.165) is 10.2 Å². The van der Waals surface area contributed by atoms with Crippen molar-refractivity contribution in [1.82, 2.24) is 5.32 Å². The topological polar surface area (TPSA) is 38.3 Å². The van der Waals surface area contributed by atoms with Crippen LogP contribution in [0.3, 0.4) is 0 Å². The molecule has 0 radical (unpaired) electrons. The van der Waals surface area contributed by atoms with Gasteiger partial charge in [-0.15, -0.1) is 0 Å². The molecule has 4 heteroatoms. The Bertz CT molecular complexity index is 410. The largest absolute Gasteiger partial charge is 0.496 e. The fourth-order valence-electron chi connectivity index (χ4n) is 1.29. The van der Waals surface area contributed by atoms with Gasteiger partial charge in [-0.2, -0.15) is 0 Å². The van der Waals surface area contributed by atoms with E-state index in [4.69, 9.17) is 4.74 Å². The van der Waals surface area contributed by atoms with Gasteiger partial charge in [0.1, 0.15) is 5.75 Å². The molecule has 0 aliphatic carbocycles. The summed E-state index contributed by atoms with van der Waals surface area (Å²) < 4.78 is 5.91. The average molecular weight is 300 g/mol. The summed E-state index contributed by atoms with van der Waals surface area (Å²) in [4.78, 5) is 11.9. The smallest absolute Gasteiger partial charge is 0.176 e. The van der Waals surface area contributed by atoms with Crippen molar-refractivity contribution < 1.29 is 9.53 Å². The normalized spacial score (nSPS) is 11.4. The first kappa shape index (κ1) is 14.2. The van der Waals surface area contributed by atoms with Gasteiger partial charge in [0.25, 0.3) is 0 Å². The van der Waals surface area contributed by atoms with Gasteiger partial charge in [0.15, 0.2) is 5.78 Å². The summed E-state index contributed by atoms with van der Waals surface area (Å²) in [7, 11) is 1.60. The lowest BCUT2D eigenvalue weighted by atomic mass is 10.1. The number of carbonyl (C=O) groups is 1. The number of ether oxygens (including phenoxy) is 1. The Labute approximate surface area is 111 Å². The second kappa shape index (κ2) is 5.65. The Kier molecular flexibility index (Phi) is 4.71. The maximum absolute atomic E-state index is 11.9. The maximum atomic E-state index is 11.9. The summed E-state index contributed by atoms with van der Waals surface area (Å²) in [6, 6.07) is 5.34. The molecular weight excluding hydrogens is 282 g/mol. The van der Waals surface area contributed by atoms with E-state index in [2.05, 4.69) is 21.2 Å². The molecule has 0 atom stereocenters. The van der Waals surface area contributed by atoms with Crippen molar-refractivity contribution >= 4 is 21.7 Å². The number of nitrogens with one attached hydrogen (secondary N) is 1. The number of benzene rings is 1. The van der Waals surface area contributed by atoms with Crippen LogP contribution in [0.4, 0.5) is 0 Å². The summed E-state index contributed by atoms with van der Waals surface area (Å²) in [5.74, 6) is 0.800. The van der Waals surface area contributed by atoms with E-state index in [-0.39, 0.29) is 11.3 Å². The van der Waals surface area contributed by atoms with E-state index < -0.39 is 0 Å². The molecule has 0 fully saturated rings. The molecule has 3 nitrogen and oxygen atoms in total. The van der Waals surface area contributed by atoms with Crippen LogP contribution in [0.2, 0.25) is 0 Å². The Morgan fingerprint density at radius 3 is 2.53 bits per heavy atom. The Morgan fingerprint density at radius 2 is 2.06 bits per heavy atom. The molecule has 0 heterocycles. The summed E-state index contributed by atoms with van der Waals surface area (Å²) in [5, 5.41) is 3.17. The predicted octanol–water partition coefficient (Wildman–Crippen LogP) is 3.03. The Hall–Kier alpha value is -0.870. The Morgan fingerprint density at radius 1 is 1.41 bits per heavy atom. The maximum Gasteiger partial charge on any atom is 0.176 e. The predicted molar refractivity (Wildman–Crippen MR) is 72.8 cm³/mol. The van der Waals surface area contributed by atoms with Gasteiger partial charge in [-0.1, -0.05) is 0 Å². The minimum atomic E-state index is -0.0562. The van der Waals surface area contributed by atoms with Crippen molar-refractivity contribution in [2.24, 2.45) is 0 Å². The number of carbonyl (C=O) groups excluding carboxylic acids is 1. The first-order valence-corrected chi connectivity index (χ1v) is 6.24. The Balaban J connectivity index is 2.73. The fourth-order valence-corrected chi connectivity index (χ4v) is 1.83. The first-order valence-electron chi connectivity index (χ1n) is 5.45. The van der Waals surface area contributed by atoms with E-state index >= 15 is 0 Å². The van der Waals surface area contributed by atoms with Crippen LogP contribution in [-0.4, -0.2) is 25.0 Å².